The van der Waals surface area contributed by atoms with Crippen molar-refractivity contribution in [3.05, 3.63) is 0 Å². The molecular weight excluding hydrogens is 140 g/mol. The maximum absolute atomic E-state index is 8.61. The molecule has 1 aliphatic carbocycles. The minimum absolute atomic E-state index is 0.383. The molecule has 0 heterocycles. The Hall–Kier alpha value is 0.0469. The molecule has 0 amide bonds. The van der Waals surface area contributed by atoms with E-state index in [1.54, 1.807) is 0 Å². The fourth-order valence-electron chi connectivity index (χ4n) is 1.47. The van der Waals surface area contributed by atoms with Crippen molar-refractivity contribution in [2.75, 3.05) is 6.61 Å². The molecule has 0 aliphatic heterocycles. The van der Waals surface area contributed by atoms with E-state index >= 15 is 0 Å². The van der Waals surface area contributed by atoms with Crippen molar-refractivity contribution < 1.29 is 5.11 Å². The Kier molecular flexibility index (Phi) is 3.29. The largest absolute Gasteiger partial charge is 0.396 e. The molecule has 1 radical (unpaired) electrons. The van der Waals surface area contributed by atoms with Gasteiger partial charge in [0.25, 0.3) is 0 Å². The fraction of sp³-hybridized carbons (Fsp3) is 0.875. The van der Waals surface area contributed by atoms with Crippen LogP contribution in [0.25, 0.3) is 0 Å². The van der Waals surface area contributed by atoms with Gasteiger partial charge in [-0.15, -0.1) is 6.17 Å². The zero-order valence-electron chi connectivity index (χ0n) is 6.34. The van der Waals surface area contributed by atoms with Gasteiger partial charge in [0, 0.05) is 15.7 Å². The normalized spacial score (nSPS) is 30.1. The van der Waals surface area contributed by atoms with E-state index in [9.17, 15) is 0 Å². The van der Waals surface area contributed by atoms with Crippen LogP contribution in [0, 0.1) is 11.8 Å². The first-order valence-corrected chi connectivity index (χ1v) is 5.40. The average molecular weight is 155 g/mol. The molecule has 10 heavy (non-hydrogen) atoms. The SMILES string of the molecule is C=[Si]CC[C@@H]1C[C@H]1CCO. The van der Waals surface area contributed by atoms with Crippen molar-refractivity contribution in [1.29, 1.82) is 0 Å². The lowest BCUT2D eigenvalue weighted by Gasteiger charge is -1.93. The zero-order chi connectivity index (χ0) is 7.40. The Morgan fingerprint density at radius 1 is 1.40 bits per heavy atom. The van der Waals surface area contributed by atoms with Crippen LogP contribution >= 0.6 is 0 Å². The third-order valence-corrected chi connectivity index (χ3v) is 2.90. The molecule has 0 aromatic rings. The van der Waals surface area contributed by atoms with Gasteiger partial charge in [0.15, 0.2) is 0 Å². The van der Waals surface area contributed by atoms with Crippen LogP contribution in [0.4, 0.5) is 0 Å². The van der Waals surface area contributed by atoms with Gasteiger partial charge in [0.2, 0.25) is 0 Å². The molecule has 1 fully saturated rings. The quantitative estimate of drug-likeness (QED) is 0.586. The number of hydrogen-bond acceptors (Lipinski definition) is 1. The van der Waals surface area contributed by atoms with Crippen molar-refractivity contribution in [1.82, 2.24) is 0 Å². The molecular formula is C8H15OSi. The van der Waals surface area contributed by atoms with Crippen LogP contribution in [0.5, 0.6) is 0 Å². The summed E-state index contributed by atoms with van der Waals surface area (Å²) in [6.45, 7) is 0.383. The van der Waals surface area contributed by atoms with Crippen LogP contribution in [0.1, 0.15) is 19.3 Å². The van der Waals surface area contributed by atoms with Crippen LogP contribution < -0.4 is 0 Å². The fourth-order valence-corrected chi connectivity index (χ4v) is 2.05. The van der Waals surface area contributed by atoms with Crippen molar-refractivity contribution in [3.8, 4) is 0 Å². The van der Waals surface area contributed by atoms with Gasteiger partial charge in [0.05, 0.1) is 0 Å². The lowest BCUT2D eigenvalue weighted by Crippen LogP contribution is -1.88. The highest BCUT2D eigenvalue weighted by Crippen LogP contribution is 2.43. The minimum Gasteiger partial charge on any atom is -0.396 e. The van der Waals surface area contributed by atoms with Gasteiger partial charge in [-0.05, 0) is 37.1 Å². The summed E-state index contributed by atoms with van der Waals surface area (Å²) in [4.78, 5) is 0. The van der Waals surface area contributed by atoms with Crippen molar-refractivity contribution in [2.24, 2.45) is 11.8 Å². The molecule has 2 heteroatoms. The molecule has 1 nitrogen and oxygen atoms in total. The van der Waals surface area contributed by atoms with Gasteiger partial charge in [0.1, 0.15) is 0 Å². The molecule has 1 N–H and O–H groups in total. The summed E-state index contributed by atoms with van der Waals surface area (Å²) < 4.78 is 0. The van der Waals surface area contributed by atoms with Crippen molar-refractivity contribution in [3.63, 3.8) is 0 Å². The first-order chi connectivity index (χ1) is 4.88. The highest BCUT2D eigenvalue weighted by molar-refractivity contribution is 6.40. The second-order valence-electron chi connectivity index (χ2n) is 3.06. The third kappa shape index (κ3) is 2.35. The molecule has 0 bridgehead atoms. The van der Waals surface area contributed by atoms with E-state index in [0.717, 1.165) is 27.4 Å². The maximum atomic E-state index is 8.61. The van der Waals surface area contributed by atoms with E-state index < -0.39 is 0 Å². The van der Waals surface area contributed by atoms with E-state index in [2.05, 4.69) is 6.17 Å². The van der Waals surface area contributed by atoms with Gasteiger partial charge in [-0.2, -0.15) is 0 Å². The molecule has 0 saturated heterocycles. The Labute approximate surface area is 64.9 Å². The second kappa shape index (κ2) is 4.04. The molecule has 0 aromatic heterocycles. The van der Waals surface area contributed by atoms with E-state index in [-0.39, 0.29) is 0 Å². The van der Waals surface area contributed by atoms with E-state index in [4.69, 9.17) is 5.11 Å². The Bertz CT molecular complexity index is 114. The smallest absolute Gasteiger partial charge is 0.0433 e. The van der Waals surface area contributed by atoms with Gasteiger partial charge in [-0.3, -0.25) is 0 Å². The van der Waals surface area contributed by atoms with Gasteiger partial charge < -0.3 is 5.11 Å². The maximum Gasteiger partial charge on any atom is 0.0433 e. The average Bonchev–Trinajstić information content (AvgIpc) is 2.65. The van der Waals surface area contributed by atoms with Crippen LogP contribution in [0.15, 0.2) is 0 Å². The van der Waals surface area contributed by atoms with Gasteiger partial charge >= 0.3 is 0 Å². The Morgan fingerprint density at radius 2 is 2.10 bits per heavy atom. The van der Waals surface area contributed by atoms with E-state index in [1.165, 1.54) is 18.9 Å². The summed E-state index contributed by atoms with van der Waals surface area (Å²) in [5, 5.41) is 8.61. The zero-order valence-corrected chi connectivity index (χ0v) is 7.34. The Balaban J connectivity index is 1.96. The monoisotopic (exact) mass is 155 g/mol. The molecule has 0 spiro atoms. The van der Waals surface area contributed by atoms with Crippen molar-refractivity contribution in [2.45, 2.75) is 25.3 Å². The molecule has 57 valence electrons. The number of aliphatic hydroxyl groups excluding tert-OH is 1. The predicted octanol–water partition coefficient (Wildman–Crippen LogP) is 0.949. The summed E-state index contributed by atoms with van der Waals surface area (Å²) in [7, 11) is 0.870. The van der Waals surface area contributed by atoms with E-state index in [0.29, 0.717) is 6.61 Å². The number of hydrogen-bond donors (Lipinski definition) is 1. The van der Waals surface area contributed by atoms with Gasteiger partial charge in [-0.1, -0.05) is 0 Å². The summed E-state index contributed by atoms with van der Waals surface area (Å²) in [5.41, 5.74) is 0. The molecule has 0 unspecified atom stereocenters. The van der Waals surface area contributed by atoms with E-state index in [1.807, 2.05) is 0 Å². The predicted molar refractivity (Wildman–Crippen MR) is 45.6 cm³/mol. The molecule has 2 atom stereocenters. The standard InChI is InChI=1S/C8H15OSi/c1-10-5-3-8-6-7(8)2-4-9/h7-9H,1-6H2/t7-,8-/m1/s1. The van der Waals surface area contributed by atoms with Crippen LogP contribution in [0.3, 0.4) is 0 Å². The molecule has 0 aromatic carbocycles. The number of rotatable bonds is 5. The number of aliphatic hydroxyl groups is 1. The second-order valence-corrected chi connectivity index (χ2v) is 4.06. The lowest BCUT2D eigenvalue weighted by molar-refractivity contribution is 0.276. The Morgan fingerprint density at radius 3 is 2.70 bits per heavy atom. The van der Waals surface area contributed by atoms with Crippen molar-refractivity contribution >= 4 is 15.3 Å². The summed E-state index contributed by atoms with van der Waals surface area (Å²) in [5.74, 6) is 1.81. The molecule has 1 rings (SSSR count). The minimum atomic E-state index is 0.383. The summed E-state index contributed by atoms with van der Waals surface area (Å²) in [6.07, 6.45) is 7.59. The van der Waals surface area contributed by atoms with Crippen LogP contribution in [-0.2, 0) is 0 Å². The highest BCUT2D eigenvalue weighted by atomic mass is 28.2. The first-order valence-electron chi connectivity index (χ1n) is 3.99. The van der Waals surface area contributed by atoms with Crippen LogP contribution in [-0.4, -0.2) is 27.0 Å². The molecule has 1 saturated carbocycles. The topological polar surface area (TPSA) is 20.2 Å². The summed E-state index contributed by atoms with van der Waals surface area (Å²) >= 11 is 0. The summed E-state index contributed by atoms with van der Waals surface area (Å²) in [6, 6.07) is 1.30. The third-order valence-electron chi connectivity index (χ3n) is 2.26. The lowest BCUT2D eigenvalue weighted by atomic mass is 10.2. The van der Waals surface area contributed by atoms with Gasteiger partial charge in [-0.25, -0.2) is 0 Å². The highest BCUT2D eigenvalue weighted by Gasteiger charge is 2.34. The molecule has 1 aliphatic rings. The van der Waals surface area contributed by atoms with Crippen LogP contribution in [0.2, 0.25) is 6.04 Å². The first kappa shape index (κ1) is 8.15.